The molecule has 41 heavy (non-hydrogen) atoms. The minimum Gasteiger partial charge on any atom is -0.349 e. The molecule has 5 nitrogen and oxygen atoms in total. The van der Waals surface area contributed by atoms with Crippen molar-refractivity contribution in [2.45, 2.75) is 50.2 Å². The number of benzene rings is 4. The third-order valence-corrected chi connectivity index (χ3v) is 8.06. The van der Waals surface area contributed by atoms with Crippen LogP contribution in [0.5, 0.6) is 0 Å². The Morgan fingerprint density at radius 3 is 2.10 bits per heavy atom. The van der Waals surface area contributed by atoms with Gasteiger partial charge in [0.15, 0.2) is 5.16 Å². The van der Waals surface area contributed by atoms with E-state index in [0.717, 1.165) is 47.2 Å². The first kappa shape index (κ1) is 28.4. The van der Waals surface area contributed by atoms with E-state index in [2.05, 4.69) is 99.8 Å². The number of hydrogen-bond donors (Lipinski definition) is 1. The summed E-state index contributed by atoms with van der Waals surface area (Å²) in [5, 5.41) is 13.3. The summed E-state index contributed by atoms with van der Waals surface area (Å²) in [6.07, 6.45) is 3.73. The van der Waals surface area contributed by atoms with Crippen molar-refractivity contribution in [3.8, 4) is 5.69 Å². The van der Waals surface area contributed by atoms with Crippen LogP contribution in [0, 0.1) is 6.92 Å². The molecule has 208 valence electrons. The number of aromatic nitrogens is 3. The molecule has 1 amide bonds. The zero-order valence-electron chi connectivity index (χ0n) is 23.4. The van der Waals surface area contributed by atoms with Crippen molar-refractivity contribution in [1.82, 2.24) is 20.1 Å². The highest BCUT2D eigenvalue weighted by atomic mass is 32.2. The van der Waals surface area contributed by atoms with Crippen molar-refractivity contribution in [3.63, 3.8) is 0 Å². The number of aryl methyl sites for hydroxylation is 1. The molecular weight excluding hydrogens is 524 g/mol. The lowest BCUT2D eigenvalue weighted by molar-refractivity contribution is -0.121. The zero-order chi connectivity index (χ0) is 28.3. The Labute approximate surface area is 247 Å². The molecule has 0 fully saturated rings. The predicted octanol–water partition coefficient (Wildman–Crippen LogP) is 7.53. The molecule has 1 heterocycles. The zero-order valence-corrected chi connectivity index (χ0v) is 24.3. The number of unbranched alkanes of at least 4 members (excludes halogenated alkanes) is 1. The predicted molar refractivity (Wildman–Crippen MR) is 167 cm³/mol. The molecular formula is C35H36N4OS. The van der Waals surface area contributed by atoms with Gasteiger partial charge in [-0.3, -0.25) is 9.36 Å². The van der Waals surface area contributed by atoms with Crippen LogP contribution in [0.25, 0.3) is 5.69 Å². The quantitative estimate of drug-likeness (QED) is 0.119. The fourth-order valence-corrected chi connectivity index (χ4v) is 5.81. The lowest BCUT2D eigenvalue weighted by atomic mass is 9.98. The van der Waals surface area contributed by atoms with Gasteiger partial charge < -0.3 is 5.32 Å². The van der Waals surface area contributed by atoms with Gasteiger partial charge in [0.2, 0.25) is 5.91 Å². The fraction of sp³-hybridized carbons (Fsp3) is 0.229. The summed E-state index contributed by atoms with van der Waals surface area (Å²) in [7, 11) is 0. The molecule has 0 aliphatic carbocycles. The van der Waals surface area contributed by atoms with Crippen LogP contribution >= 0.6 is 11.8 Å². The third kappa shape index (κ3) is 8.18. The molecule has 5 aromatic rings. The summed E-state index contributed by atoms with van der Waals surface area (Å²) in [6.45, 7) is 2.09. The Hall–Kier alpha value is -4.16. The van der Waals surface area contributed by atoms with E-state index >= 15 is 0 Å². The number of amides is 1. The van der Waals surface area contributed by atoms with Gasteiger partial charge in [0.05, 0.1) is 6.04 Å². The van der Waals surface area contributed by atoms with Crippen molar-refractivity contribution < 1.29 is 4.79 Å². The summed E-state index contributed by atoms with van der Waals surface area (Å²) in [4.78, 5) is 12.9. The molecule has 0 spiro atoms. The lowest BCUT2D eigenvalue weighted by Crippen LogP contribution is -2.29. The molecule has 1 aromatic heterocycles. The molecule has 0 aliphatic heterocycles. The van der Waals surface area contributed by atoms with Crippen LogP contribution in [-0.2, 0) is 17.6 Å². The molecule has 0 aliphatic rings. The van der Waals surface area contributed by atoms with Gasteiger partial charge in [0, 0.05) is 24.3 Å². The van der Waals surface area contributed by atoms with E-state index < -0.39 is 0 Å². The Balaban J connectivity index is 1.17. The van der Waals surface area contributed by atoms with Gasteiger partial charge in [-0.25, -0.2) is 0 Å². The van der Waals surface area contributed by atoms with Gasteiger partial charge in [-0.05, 0) is 55.0 Å². The van der Waals surface area contributed by atoms with Gasteiger partial charge in [0.25, 0.3) is 0 Å². The van der Waals surface area contributed by atoms with Crippen LogP contribution in [0.1, 0.15) is 53.4 Å². The Bertz CT molecular complexity index is 1500. The number of nitrogens with zero attached hydrogens (tertiary/aromatic N) is 3. The van der Waals surface area contributed by atoms with E-state index in [0.29, 0.717) is 12.8 Å². The molecule has 0 bridgehead atoms. The number of thioether (sulfide) groups is 1. The van der Waals surface area contributed by atoms with E-state index in [1.165, 1.54) is 16.7 Å². The van der Waals surface area contributed by atoms with Gasteiger partial charge in [-0.1, -0.05) is 120 Å². The average molecular weight is 561 g/mol. The maximum atomic E-state index is 12.9. The Morgan fingerprint density at radius 1 is 0.780 bits per heavy atom. The van der Waals surface area contributed by atoms with Crippen LogP contribution in [0.2, 0.25) is 0 Å². The molecule has 1 atom stereocenters. The van der Waals surface area contributed by atoms with Crippen molar-refractivity contribution in [2.24, 2.45) is 0 Å². The second kappa shape index (κ2) is 14.5. The van der Waals surface area contributed by atoms with Crippen LogP contribution < -0.4 is 5.32 Å². The standard InChI is InChI=1S/C35H36N4OS/c1-27-20-22-31(23-21-27)39-33(26-29-15-7-3-8-16-29)37-38-35(39)41-24-12-11-19-34(40)36-32(30-17-9-4-10-18-30)25-28-13-5-2-6-14-28/h2-10,13-18,20-23,32H,11-12,19,24-26H2,1H3,(H,36,40). The van der Waals surface area contributed by atoms with E-state index in [-0.39, 0.29) is 11.9 Å². The highest BCUT2D eigenvalue weighted by Gasteiger charge is 2.17. The highest BCUT2D eigenvalue weighted by Crippen LogP contribution is 2.25. The minimum atomic E-state index is -0.0448. The largest absolute Gasteiger partial charge is 0.349 e. The second-order valence-corrected chi connectivity index (χ2v) is 11.3. The minimum absolute atomic E-state index is 0.0448. The van der Waals surface area contributed by atoms with Gasteiger partial charge >= 0.3 is 0 Å². The summed E-state index contributed by atoms with van der Waals surface area (Å²) < 4.78 is 2.16. The lowest BCUT2D eigenvalue weighted by Gasteiger charge is -2.19. The fourth-order valence-electron chi connectivity index (χ4n) is 4.84. The molecule has 0 saturated heterocycles. The first-order valence-electron chi connectivity index (χ1n) is 14.2. The Morgan fingerprint density at radius 2 is 1.41 bits per heavy atom. The topological polar surface area (TPSA) is 59.8 Å². The molecule has 6 heteroatoms. The first-order chi connectivity index (χ1) is 20.2. The van der Waals surface area contributed by atoms with Gasteiger partial charge in [-0.15, -0.1) is 10.2 Å². The van der Waals surface area contributed by atoms with E-state index in [4.69, 9.17) is 0 Å². The number of nitrogens with one attached hydrogen (secondary N) is 1. The Kier molecular flexibility index (Phi) is 10.0. The molecule has 1 unspecified atom stereocenters. The summed E-state index contributed by atoms with van der Waals surface area (Å²) in [6, 6.07) is 39.4. The highest BCUT2D eigenvalue weighted by molar-refractivity contribution is 7.99. The SMILES string of the molecule is Cc1ccc(-n2c(Cc3ccccc3)nnc2SCCCCC(=O)NC(Cc2ccccc2)c2ccccc2)cc1. The molecule has 0 saturated carbocycles. The first-order valence-corrected chi connectivity index (χ1v) is 15.2. The molecule has 0 radical (unpaired) electrons. The monoisotopic (exact) mass is 560 g/mol. The van der Waals surface area contributed by atoms with Gasteiger partial charge in [-0.2, -0.15) is 0 Å². The van der Waals surface area contributed by atoms with Crippen molar-refractivity contribution in [2.75, 3.05) is 5.75 Å². The summed E-state index contributed by atoms with van der Waals surface area (Å²) >= 11 is 1.70. The van der Waals surface area contributed by atoms with E-state index in [9.17, 15) is 4.79 Å². The van der Waals surface area contributed by atoms with E-state index in [1.54, 1.807) is 11.8 Å². The average Bonchev–Trinajstić information content (AvgIpc) is 3.40. The summed E-state index contributed by atoms with van der Waals surface area (Å²) in [5.74, 6) is 1.88. The second-order valence-electron chi connectivity index (χ2n) is 10.3. The number of hydrogen-bond acceptors (Lipinski definition) is 4. The van der Waals surface area contributed by atoms with Crippen LogP contribution in [0.4, 0.5) is 0 Å². The smallest absolute Gasteiger partial charge is 0.220 e. The molecule has 5 rings (SSSR count). The summed E-state index contributed by atoms with van der Waals surface area (Å²) in [5.41, 5.74) is 5.83. The van der Waals surface area contributed by atoms with Crippen molar-refractivity contribution >= 4 is 17.7 Å². The maximum absolute atomic E-state index is 12.9. The molecule has 4 aromatic carbocycles. The molecule has 1 N–H and O–H groups in total. The van der Waals surface area contributed by atoms with Crippen molar-refractivity contribution in [3.05, 3.63) is 143 Å². The van der Waals surface area contributed by atoms with Gasteiger partial charge in [0.1, 0.15) is 5.82 Å². The van der Waals surface area contributed by atoms with Crippen molar-refractivity contribution in [1.29, 1.82) is 0 Å². The van der Waals surface area contributed by atoms with Crippen LogP contribution in [-0.4, -0.2) is 26.4 Å². The van der Waals surface area contributed by atoms with Crippen LogP contribution in [0.15, 0.2) is 120 Å². The number of carbonyl (C=O) groups excluding carboxylic acids is 1. The normalized spacial score (nSPS) is 11.7. The maximum Gasteiger partial charge on any atom is 0.220 e. The van der Waals surface area contributed by atoms with E-state index in [1.807, 2.05) is 42.5 Å². The number of rotatable bonds is 13. The number of carbonyl (C=O) groups is 1. The van der Waals surface area contributed by atoms with Crippen LogP contribution in [0.3, 0.4) is 0 Å². The third-order valence-electron chi connectivity index (χ3n) is 7.05.